The number of rotatable bonds is 12. The smallest absolute Gasteiger partial charge is 0.370 e. The average Bonchev–Trinajstić information content (AvgIpc) is 3.32. The highest BCUT2D eigenvalue weighted by Gasteiger charge is 2.31. The third kappa shape index (κ3) is 8.43. The van der Waals surface area contributed by atoms with E-state index in [9.17, 15) is 18.0 Å². The molecule has 2 aromatic carbocycles. The first kappa shape index (κ1) is 30.8. The number of aromatic nitrogens is 3. The Labute approximate surface area is 242 Å². The first-order chi connectivity index (χ1) is 19.8. The van der Waals surface area contributed by atoms with Crippen LogP contribution in [0.4, 0.5) is 13.2 Å². The molecule has 9 nitrogen and oxygen atoms in total. The van der Waals surface area contributed by atoms with Crippen molar-refractivity contribution in [1.82, 2.24) is 19.9 Å². The molecule has 0 bridgehead atoms. The van der Waals surface area contributed by atoms with Gasteiger partial charge in [-0.1, -0.05) is 12.1 Å². The van der Waals surface area contributed by atoms with Crippen molar-refractivity contribution in [2.24, 2.45) is 22.2 Å². The monoisotopic (exact) mass is 582 g/mol. The van der Waals surface area contributed by atoms with Gasteiger partial charge in [-0.25, -0.2) is 4.79 Å². The summed E-state index contributed by atoms with van der Waals surface area (Å²) in [5, 5.41) is 3.91. The summed E-state index contributed by atoms with van der Waals surface area (Å²) < 4.78 is 42.6. The van der Waals surface area contributed by atoms with Crippen LogP contribution in [0, 0.1) is 0 Å². The van der Waals surface area contributed by atoms with E-state index in [0.717, 1.165) is 24.6 Å². The topological polar surface area (TPSA) is 153 Å². The quantitative estimate of drug-likeness (QED) is 0.0958. The van der Waals surface area contributed by atoms with Crippen LogP contribution in [0.25, 0.3) is 28.0 Å². The molecule has 2 heterocycles. The first-order valence-electron chi connectivity index (χ1n) is 13.8. The zero-order valence-electron chi connectivity index (χ0n) is 23.8. The van der Waals surface area contributed by atoms with Crippen LogP contribution in [-0.4, -0.2) is 39.1 Å². The molecule has 0 aliphatic carbocycles. The lowest BCUT2D eigenvalue weighted by atomic mass is 9.95. The summed E-state index contributed by atoms with van der Waals surface area (Å²) >= 11 is 0. The maximum absolute atomic E-state index is 13.7. The second kappa shape index (κ2) is 12.8. The fourth-order valence-electron chi connectivity index (χ4n) is 4.66. The van der Waals surface area contributed by atoms with Crippen LogP contribution in [0.15, 0.2) is 64.5 Å². The number of hydrogen-bond acceptors (Lipinski definition) is 5. The number of nitrogens with two attached hydrogens (primary N) is 3. The van der Waals surface area contributed by atoms with E-state index in [4.69, 9.17) is 17.2 Å². The molecular formula is C30H37F3N8O. The summed E-state index contributed by atoms with van der Waals surface area (Å²) in [4.78, 5) is 24.0. The third-order valence-electron chi connectivity index (χ3n) is 6.78. The number of halogens is 3. The van der Waals surface area contributed by atoms with Gasteiger partial charge < -0.3 is 27.5 Å². The van der Waals surface area contributed by atoms with Gasteiger partial charge in [0.15, 0.2) is 5.96 Å². The van der Waals surface area contributed by atoms with Crippen molar-refractivity contribution in [2.75, 3.05) is 13.1 Å². The molecule has 4 rings (SSSR count). The van der Waals surface area contributed by atoms with E-state index in [2.05, 4.69) is 20.3 Å². The van der Waals surface area contributed by atoms with E-state index in [1.165, 1.54) is 10.6 Å². The number of H-pyrrole nitrogens is 1. The van der Waals surface area contributed by atoms with Crippen LogP contribution in [0.5, 0.6) is 0 Å². The maximum atomic E-state index is 13.7. The lowest BCUT2D eigenvalue weighted by molar-refractivity contribution is -0.137. The van der Waals surface area contributed by atoms with Crippen molar-refractivity contribution in [3.05, 3.63) is 81.9 Å². The zero-order chi connectivity index (χ0) is 30.5. The van der Waals surface area contributed by atoms with Gasteiger partial charge in [-0.3, -0.25) is 9.56 Å². The Morgan fingerprint density at radius 1 is 1.05 bits per heavy atom. The number of aliphatic imine (C=N–C) groups is 1. The minimum Gasteiger partial charge on any atom is -0.370 e. The Hall–Kier alpha value is -4.16. The first-order valence-corrected chi connectivity index (χ1v) is 13.8. The highest BCUT2D eigenvalue weighted by Crippen LogP contribution is 2.34. The number of hydrogen-bond donors (Lipinski definition) is 5. The van der Waals surface area contributed by atoms with Gasteiger partial charge >= 0.3 is 11.9 Å². The number of aromatic amines is 1. The number of benzene rings is 2. The van der Waals surface area contributed by atoms with Crippen LogP contribution in [0.1, 0.15) is 49.8 Å². The number of alkyl halides is 3. The SMILES string of the molecule is CC(C)(N)CCCc1cc(-c2cc3cn(-c4ccc(CNCCCN=C(N)N)cc4)c(=O)nc3[nH]2)cc(C(F)(F)F)c1. The van der Waals surface area contributed by atoms with E-state index in [1.54, 1.807) is 18.3 Å². The van der Waals surface area contributed by atoms with Gasteiger partial charge in [0.05, 0.1) is 11.3 Å². The lowest BCUT2D eigenvalue weighted by Gasteiger charge is -2.18. The average molecular weight is 583 g/mol. The molecule has 224 valence electrons. The van der Waals surface area contributed by atoms with Gasteiger partial charge in [0.1, 0.15) is 5.65 Å². The highest BCUT2D eigenvalue weighted by molar-refractivity contribution is 5.82. The molecule has 0 atom stereocenters. The van der Waals surface area contributed by atoms with E-state index in [0.29, 0.717) is 65.9 Å². The molecule has 2 aromatic heterocycles. The Morgan fingerprint density at radius 2 is 1.79 bits per heavy atom. The minimum absolute atomic E-state index is 0.0764. The molecule has 0 aliphatic rings. The highest BCUT2D eigenvalue weighted by atomic mass is 19.4. The van der Waals surface area contributed by atoms with Crippen LogP contribution in [0.2, 0.25) is 0 Å². The van der Waals surface area contributed by atoms with Gasteiger partial charge in [0.25, 0.3) is 0 Å². The van der Waals surface area contributed by atoms with Crippen molar-refractivity contribution >= 4 is 17.0 Å². The summed E-state index contributed by atoms with van der Waals surface area (Å²) in [6, 6.07) is 13.2. The number of nitrogens with one attached hydrogen (secondary N) is 2. The summed E-state index contributed by atoms with van der Waals surface area (Å²) in [6.45, 7) is 5.72. The predicted octanol–water partition coefficient (Wildman–Crippen LogP) is 4.21. The molecule has 0 fully saturated rings. The van der Waals surface area contributed by atoms with Crippen molar-refractivity contribution in [2.45, 2.75) is 57.8 Å². The Morgan fingerprint density at radius 3 is 2.45 bits per heavy atom. The molecule has 0 saturated carbocycles. The molecule has 12 heteroatoms. The van der Waals surface area contributed by atoms with Crippen molar-refractivity contribution in [3.8, 4) is 16.9 Å². The van der Waals surface area contributed by atoms with E-state index in [1.807, 2.05) is 38.1 Å². The van der Waals surface area contributed by atoms with Crippen LogP contribution in [-0.2, 0) is 19.1 Å². The summed E-state index contributed by atoms with van der Waals surface area (Å²) in [5.41, 5.74) is 18.4. The van der Waals surface area contributed by atoms with Crippen LogP contribution < -0.4 is 28.2 Å². The van der Waals surface area contributed by atoms with Crippen molar-refractivity contribution in [3.63, 3.8) is 0 Å². The Kier molecular flexibility index (Phi) is 9.37. The molecule has 0 saturated heterocycles. The third-order valence-corrected chi connectivity index (χ3v) is 6.78. The second-order valence-electron chi connectivity index (χ2n) is 11.1. The van der Waals surface area contributed by atoms with Crippen molar-refractivity contribution < 1.29 is 13.2 Å². The molecule has 0 spiro atoms. The minimum atomic E-state index is -4.50. The van der Waals surface area contributed by atoms with Gasteiger partial charge in [-0.15, -0.1) is 0 Å². The molecule has 0 aliphatic heterocycles. The van der Waals surface area contributed by atoms with Crippen LogP contribution >= 0.6 is 0 Å². The van der Waals surface area contributed by atoms with Gasteiger partial charge in [0.2, 0.25) is 0 Å². The maximum Gasteiger partial charge on any atom is 0.416 e. The molecule has 8 N–H and O–H groups in total. The second-order valence-corrected chi connectivity index (χ2v) is 11.1. The van der Waals surface area contributed by atoms with Crippen LogP contribution in [0.3, 0.4) is 0 Å². The number of aryl methyl sites for hydroxylation is 1. The van der Waals surface area contributed by atoms with Crippen molar-refractivity contribution in [1.29, 1.82) is 0 Å². The van der Waals surface area contributed by atoms with Gasteiger partial charge in [-0.05, 0) is 99.2 Å². The van der Waals surface area contributed by atoms with Gasteiger partial charge in [0, 0.05) is 35.9 Å². The van der Waals surface area contributed by atoms with Gasteiger partial charge in [-0.2, -0.15) is 18.2 Å². The predicted molar refractivity (Wildman–Crippen MR) is 160 cm³/mol. The zero-order valence-corrected chi connectivity index (χ0v) is 23.8. The molecule has 0 radical (unpaired) electrons. The normalized spacial score (nSPS) is 12.1. The number of nitrogens with zero attached hydrogens (tertiary/aromatic N) is 3. The molecule has 42 heavy (non-hydrogen) atoms. The fraction of sp³-hybridized carbons (Fsp3) is 0.367. The molecule has 4 aromatic rings. The molecule has 0 unspecified atom stereocenters. The lowest BCUT2D eigenvalue weighted by Crippen LogP contribution is -2.31. The molecular weight excluding hydrogens is 545 g/mol. The number of guanidine groups is 1. The molecule has 0 amide bonds. The number of fused-ring (bicyclic) bond motifs is 1. The van der Waals surface area contributed by atoms with E-state index < -0.39 is 23.0 Å². The van der Waals surface area contributed by atoms with E-state index >= 15 is 0 Å². The summed E-state index contributed by atoms with van der Waals surface area (Å²) in [5.74, 6) is 0.0764. The standard InChI is InChI=1S/C30H37F3N8O/c1-29(2,36)10-3-5-20-13-21(15-23(14-20)30(31,32)33)25-16-22-18-41(28(42)40-26(22)39-25)24-8-6-19(7-9-24)17-37-11-4-12-38-27(34)35/h6-9,13-16,18,37H,3-5,10-12,17,36H2,1-2H3,(H4,34,35,38)(H,39,40,42). The Bertz CT molecular complexity index is 1590. The Balaban J connectivity index is 1.54. The summed E-state index contributed by atoms with van der Waals surface area (Å²) in [7, 11) is 0. The van der Waals surface area contributed by atoms with E-state index in [-0.39, 0.29) is 5.96 Å². The largest absolute Gasteiger partial charge is 0.416 e. The summed E-state index contributed by atoms with van der Waals surface area (Å²) in [6.07, 6.45) is -0.262. The fourth-order valence-corrected chi connectivity index (χ4v) is 4.66.